The van der Waals surface area contributed by atoms with E-state index >= 15 is 0 Å². The molecule has 6 nitrogen and oxygen atoms in total. The topological polar surface area (TPSA) is 110 Å². The van der Waals surface area contributed by atoms with Crippen molar-refractivity contribution in [2.45, 2.75) is 19.4 Å². The smallest absolute Gasteiger partial charge is 0.198 e. The summed E-state index contributed by atoms with van der Waals surface area (Å²) in [7, 11) is 0. The van der Waals surface area contributed by atoms with Crippen LogP contribution in [0, 0.1) is 0 Å². The first-order chi connectivity index (χ1) is 11.5. The molecule has 0 heterocycles. The molecule has 4 N–H and O–H groups in total. The summed E-state index contributed by atoms with van der Waals surface area (Å²) in [6.45, 7) is 1.66. The predicted molar refractivity (Wildman–Crippen MR) is 87.6 cm³/mol. The third-order valence-electron chi connectivity index (χ3n) is 4.04. The third-order valence-corrected chi connectivity index (χ3v) is 4.04. The number of anilines is 1. The number of rotatable bonds is 4. The molecule has 0 spiro atoms. The summed E-state index contributed by atoms with van der Waals surface area (Å²) in [5, 5.41) is 19.2. The van der Waals surface area contributed by atoms with Crippen molar-refractivity contribution in [2.75, 3.05) is 12.3 Å². The standard InChI is InChI=1S/C18H17NO5/c1-9(6-7-20)24-13-8-12(21)14-15(16(13)19)18(23)11-5-3-2-4-10(11)17(14)22/h2-5,8-9,20-21H,6-7,19H2,1H3. The van der Waals surface area contributed by atoms with E-state index in [-0.39, 0.29) is 52.2 Å². The number of phenols is 1. The first-order valence-corrected chi connectivity index (χ1v) is 7.57. The van der Waals surface area contributed by atoms with Crippen LogP contribution in [0.1, 0.15) is 45.2 Å². The zero-order valence-electron chi connectivity index (χ0n) is 13.1. The van der Waals surface area contributed by atoms with Gasteiger partial charge in [-0.3, -0.25) is 9.59 Å². The molecule has 1 aliphatic carbocycles. The summed E-state index contributed by atoms with van der Waals surface area (Å²) in [6, 6.07) is 7.65. The number of carbonyl (C=O) groups is 2. The van der Waals surface area contributed by atoms with Gasteiger partial charge >= 0.3 is 0 Å². The van der Waals surface area contributed by atoms with Crippen molar-refractivity contribution in [1.82, 2.24) is 0 Å². The SMILES string of the molecule is CC(CCO)Oc1cc(O)c2c(c1N)C(=O)c1ccccc1C2=O. The van der Waals surface area contributed by atoms with Gasteiger partial charge in [0.05, 0.1) is 22.9 Å². The predicted octanol–water partition coefficient (Wildman–Crippen LogP) is 1.90. The fraction of sp³-hybridized carbons (Fsp3) is 0.222. The van der Waals surface area contributed by atoms with Crippen LogP contribution in [0.5, 0.6) is 11.5 Å². The molecule has 2 aromatic rings. The van der Waals surface area contributed by atoms with Gasteiger partial charge in [0.15, 0.2) is 11.6 Å². The molecule has 0 aromatic heterocycles. The van der Waals surface area contributed by atoms with Crippen LogP contribution in [-0.2, 0) is 0 Å². The number of hydrogen-bond donors (Lipinski definition) is 3. The number of aliphatic hydroxyl groups excluding tert-OH is 1. The second kappa shape index (κ2) is 5.98. The Balaban J connectivity index is 2.15. The number of hydrogen-bond acceptors (Lipinski definition) is 6. The van der Waals surface area contributed by atoms with Gasteiger partial charge in [-0.15, -0.1) is 0 Å². The molecule has 124 valence electrons. The monoisotopic (exact) mass is 327 g/mol. The molecule has 1 aliphatic rings. The summed E-state index contributed by atoms with van der Waals surface area (Å²) in [5.41, 5.74) is 6.43. The van der Waals surface area contributed by atoms with Gasteiger partial charge in [-0.2, -0.15) is 0 Å². The minimum atomic E-state index is -0.445. The highest BCUT2D eigenvalue weighted by Gasteiger charge is 2.35. The maximum atomic E-state index is 12.8. The summed E-state index contributed by atoms with van der Waals surface area (Å²) < 4.78 is 5.60. The van der Waals surface area contributed by atoms with E-state index in [1.54, 1.807) is 31.2 Å². The van der Waals surface area contributed by atoms with Crippen LogP contribution in [0.4, 0.5) is 5.69 Å². The van der Waals surface area contributed by atoms with Crippen molar-refractivity contribution in [3.05, 3.63) is 52.6 Å². The lowest BCUT2D eigenvalue weighted by atomic mass is 9.82. The second-order valence-electron chi connectivity index (χ2n) is 5.70. The fourth-order valence-electron chi connectivity index (χ4n) is 2.83. The average molecular weight is 327 g/mol. The van der Waals surface area contributed by atoms with Crippen LogP contribution < -0.4 is 10.5 Å². The molecular weight excluding hydrogens is 310 g/mol. The summed E-state index contributed by atoms with van der Waals surface area (Å²) in [4.78, 5) is 25.4. The molecule has 0 amide bonds. The first-order valence-electron chi connectivity index (χ1n) is 7.57. The summed E-state index contributed by atoms with van der Waals surface area (Å²) in [5.74, 6) is -1.10. The molecule has 0 fully saturated rings. The molecule has 0 bridgehead atoms. The van der Waals surface area contributed by atoms with Crippen LogP contribution in [-0.4, -0.2) is 34.5 Å². The van der Waals surface area contributed by atoms with Gasteiger partial charge in [-0.25, -0.2) is 0 Å². The van der Waals surface area contributed by atoms with Gasteiger partial charge in [0.1, 0.15) is 11.5 Å². The molecule has 24 heavy (non-hydrogen) atoms. The van der Waals surface area contributed by atoms with Gasteiger partial charge in [0, 0.05) is 30.2 Å². The van der Waals surface area contributed by atoms with Gasteiger partial charge in [0.2, 0.25) is 0 Å². The minimum absolute atomic E-state index is 0.0143. The molecular formula is C18H17NO5. The van der Waals surface area contributed by atoms with E-state index < -0.39 is 11.6 Å². The Morgan fingerprint density at radius 2 is 1.71 bits per heavy atom. The third kappa shape index (κ3) is 2.41. The van der Waals surface area contributed by atoms with Gasteiger partial charge < -0.3 is 20.7 Å². The molecule has 6 heteroatoms. The Morgan fingerprint density at radius 3 is 2.29 bits per heavy atom. The Hall–Kier alpha value is -2.86. The number of aromatic hydroxyl groups is 1. The number of nitrogens with two attached hydrogens (primary N) is 1. The highest BCUT2D eigenvalue weighted by molar-refractivity contribution is 6.31. The molecule has 0 radical (unpaired) electrons. The van der Waals surface area contributed by atoms with Gasteiger partial charge in [0.25, 0.3) is 0 Å². The van der Waals surface area contributed by atoms with Gasteiger partial charge in [-0.05, 0) is 6.92 Å². The van der Waals surface area contributed by atoms with Crippen LogP contribution in [0.3, 0.4) is 0 Å². The van der Waals surface area contributed by atoms with E-state index in [2.05, 4.69) is 0 Å². The largest absolute Gasteiger partial charge is 0.507 e. The van der Waals surface area contributed by atoms with Crippen molar-refractivity contribution in [3.63, 3.8) is 0 Å². The maximum Gasteiger partial charge on any atom is 0.198 e. The molecule has 2 aromatic carbocycles. The lowest BCUT2D eigenvalue weighted by molar-refractivity contribution is 0.0976. The summed E-state index contributed by atoms with van der Waals surface area (Å²) in [6.07, 6.45) is 0.00364. The number of fused-ring (bicyclic) bond motifs is 2. The number of carbonyl (C=O) groups excluding carboxylic acids is 2. The molecule has 0 aliphatic heterocycles. The number of nitrogen functional groups attached to an aromatic ring is 1. The van der Waals surface area contributed by atoms with Gasteiger partial charge in [-0.1, -0.05) is 24.3 Å². The number of aliphatic hydroxyl groups is 1. The minimum Gasteiger partial charge on any atom is -0.507 e. The van der Waals surface area contributed by atoms with Crippen LogP contribution in [0.15, 0.2) is 30.3 Å². The highest BCUT2D eigenvalue weighted by atomic mass is 16.5. The zero-order valence-corrected chi connectivity index (χ0v) is 13.1. The van der Waals surface area contributed by atoms with Crippen molar-refractivity contribution in [1.29, 1.82) is 0 Å². The lowest BCUT2D eigenvalue weighted by Crippen LogP contribution is -2.23. The highest BCUT2D eigenvalue weighted by Crippen LogP contribution is 2.41. The van der Waals surface area contributed by atoms with Crippen molar-refractivity contribution >= 4 is 17.3 Å². The van der Waals surface area contributed by atoms with Crippen LogP contribution in [0.2, 0.25) is 0 Å². The molecule has 1 unspecified atom stereocenters. The van der Waals surface area contributed by atoms with E-state index in [1.807, 2.05) is 0 Å². The number of phenolic OH excluding ortho intramolecular Hbond substituents is 1. The molecule has 0 saturated carbocycles. The van der Waals surface area contributed by atoms with E-state index in [9.17, 15) is 14.7 Å². The average Bonchev–Trinajstić information content (AvgIpc) is 2.56. The normalized spacial score (nSPS) is 14.1. The summed E-state index contributed by atoms with van der Waals surface area (Å²) >= 11 is 0. The van der Waals surface area contributed by atoms with Crippen molar-refractivity contribution in [2.24, 2.45) is 0 Å². The molecule has 1 atom stereocenters. The Kier molecular flexibility index (Phi) is 3.99. The Labute approximate surface area is 138 Å². The van der Waals surface area contributed by atoms with Crippen molar-refractivity contribution < 1.29 is 24.5 Å². The lowest BCUT2D eigenvalue weighted by Gasteiger charge is -2.23. The van der Waals surface area contributed by atoms with Crippen molar-refractivity contribution in [3.8, 4) is 11.5 Å². The molecule has 0 saturated heterocycles. The number of ether oxygens (including phenoxy) is 1. The second-order valence-corrected chi connectivity index (χ2v) is 5.70. The van der Waals surface area contributed by atoms with Crippen LogP contribution >= 0.6 is 0 Å². The number of benzene rings is 2. The first kappa shape index (κ1) is 16.0. The Morgan fingerprint density at radius 1 is 1.12 bits per heavy atom. The van der Waals surface area contributed by atoms with E-state index in [1.165, 1.54) is 6.07 Å². The molecule has 3 rings (SSSR count). The number of ketones is 2. The van der Waals surface area contributed by atoms with E-state index in [0.29, 0.717) is 6.42 Å². The van der Waals surface area contributed by atoms with Crippen LogP contribution in [0.25, 0.3) is 0 Å². The maximum absolute atomic E-state index is 12.8. The fourth-order valence-corrected chi connectivity index (χ4v) is 2.83. The van der Waals surface area contributed by atoms with E-state index in [0.717, 1.165) is 0 Å². The Bertz CT molecular complexity index is 844. The quantitative estimate of drug-likeness (QED) is 0.499. The van der Waals surface area contributed by atoms with E-state index in [4.69, 9.17) is 15.6 Å². The zero-order chi connectivity index (χ0) is 17.4.